The van der Waals surface area contributed by atoms with Crippen LogP contribution in [0.2, 0.25) is 0 Å². The Morgan fingerprint density at radius 1 is 1.47 bits per heavy atom. The van der Waals surface area contributed by atoms with Crippen molar-refractivity contribution >= 4 is 11.7 Å². The zero-order valence-electron chi connectivity index (χ0n) is 9.34. The van der Waals surface area contributed by atoms with Crippen LogP contribution in [-0.4, -0.2) is 24.0 Å². The molecule has 3 rings (SSSR count). The molecule has 1 saturated carbocycles. The third-order valence-corrected chi connectivity index (χ3v) is 3.98. The van der Waals surface area contributed by atoms with Gasteiger partial charge in [-0.15, -0.1) is 0 Å². The number of fused-ring (bicyclic) bond motifs is 5. The molecular formula is C12H13NO3Re. The van der Waals surface area contributed by atoms with E-state index in [1.54, 1.807) is 0 Å². The van der Waals surface area contributed by atoms with E-state index in [1.165, 1.54) is 7.11 Å². The van der Waals surface area contributed by atoms with Gasteiger partial charge in [0.1, 0.15) is 0 Å². The van der Waals surface area contributed by atoms with Crippen LogP contribution in [0.3, 0.4) is 0 Å². The molecule has 0 aliphatic heterocycles. The van der Waals surface area contributed by atoms with E-state index in [0.29, 0.717) is 29.0 Å². The Morgan fingerprint density at radius 2 is 2.18 bits per heavy atom. The summed E-state index contributed by atoms with van der Waals surface area (Å²) in [5.74, 6) is 0.999. The number of esters is 1. The van der Waals surface area contributed by atoms with Gasteiger partial charge in [-0.25, -0.2) is 4.79 Å². The van der Waals surface area contributed by atoms with Gasteiger partial charge in [-0.1, -0.05) is 23.4 Å². The summed E-state index contributed by atoms with van der Waals surface area (Å²) in [6.07, 6.45) is 7.40. The van der Waals surface area contributed by atoms with E-state index in [0.717, 1.165) is 6.42 Å². The molecule has 0 aromatic heterocycles. The topological polar surface area (TPSA) is 58.9 Å². The summed E-state index contributed by atoms with van der Waals surface area (Å²) < 4.78 is 4.70. The average molecular weight is 405 g/mol. The maximum Gasteiger partial charge on any atom is 0.339 e. The summed E-state index contributed by atoms with van der Waals surface area (Å²) in [6.45, 7) is 0. The maximum absolute atomic E-state index is 11.5. The van der Waals surface area contributed by atoms with Crippen LogP contribution in [0.15, 0.2) is 29.0 Å². The molecule has 3 aliphatic rings. The molecule has 2 unspecified atom stereocenters. The van der Waals surface area contributed by atoms with Crippen LogP contribution in [-0.2, 0) is 30.0 Å². The second-order valence-corrected chi connectivity index (χ2v) is 4.61. The molecule has 1 fully saturated rings. The normalized spacial score (nSPS) is 38.9. The molecule has 2 bridgehead atoms. The molecule has 3 aliphatic carbocycles. The zero-order chi connectivity index (χ0) is 11.3. The van der Waals surface area contributed by atoms with E-state index >= 15 is 0 Å². The Balaban J connectivity index is 0.00000108. The first-order valence-corrected chi connectivity index (χ1v) is 5.47. The van der Waals surface area contributed by atoms with Crippen LogP contribution >= 0.6 is 0 Å². The smallest absolute Gasteiger partial charge is 0.339 e. The first-order valence-electron chi connectivity index (χ1n) is 5.47. The summed E-state index contributed by atoms with van der Waals surface area (Å²) >= 11 is 0. The van der Waals surface area contributed by atoms with Gasteiger partial charge in [-0.05, 0) is 24.2 Å². The van der Waals surface area contributed by atoms with Crippen molar-refractivity contribution in [2.75, 3.05) is 7.11 Å². The molecule has 0 amide bonds. The number of nitrogens with zero attached hydrogens (tertiary/aromatic N) is 1. The van der Waals surface area contributed by atoms with Crippen molar-refractivity contribution in [2.24, 2.45) is 28.8 Å². The molecule has 0 aromatic carbocycles. The number of ether oxygens (including phenoxy) is 1. The predicted molar refractivity (Wildman–Crippen MR) is 57.0 cm³/mol. The summed E-state index contributed by atoms with van der Waals surface area (Å²) in [4.78, 5) is 11.5. The van der Waals surface area contributed by atoms with E-state index < -0.39 is 5.97 Å². The van der Waals surface area contributed by atoms with Gasteiger partial charge in [-0.2, -0.15) is 0 Å². The van der Waals surface area contributed by atoms with Crippen LogP contribution in [0, 0.1) is 23.7 Å². The SMILES string of the molecule is COC(=O)C1=C[C@@H]2C3C=CC(C3)[C@@H]2/C1=N/O.[Re]. The molecule has 0 saturated heterocycles. The van der Waals surface area contributed by atoms with E-state index in [2.05, 4.69) is 17.3 Å². The molecule has 91 valence electrons. The van der Waals surface area contributed by atoms with Crippen molar-refractivity contribution in [1.29, 1.82) is 0 Å². The second kappa shape index (κ2) is 4.40. The van der Waals surface area contributed by atoms with Crippen molar-refractivity contribution < 1.29 is 35.2 Å². The second-order valence-electron chi connectivity index (χ2n) is 4.61. The Labute approximate surface area is 113 Å². The van der Waals surface area contributed by atoms with Crippen LogP contribution < -0.4 is 0 Å². The van der Waals surface area contributed by atoms with Gasteiger partial charge in [0.2, 0.25) is 0 Å². The average Bonchev–Trinajstić information content (AvgIpc) is 2.97. The zero-order valence-corrected chi connectivity index (χ0v) is 12.1. The van der Waals surface area contributed by atoms with Gasteiger partial charge < -0.3 is 9.94 Å². The van der Waals surface area contributed by atoms with Crippen LogP contribution in [0.1, 0.15) is 6.42 Å². The van der Waals surface area contributed by atoms with E-state index in [9.17, 15) is 4.79 Å². The molecule has 0 heterocycles. The van der Waals surface area contributed by atoms with Crippen molar-refractivity contribution in [1.82, 2.24) is 0 Å². The maximum atomic E-state index is 11.5. The summed E-state index contributed by atoms with van der Waals surface area (Å²) in [5, 5.41) is 12.4. The van der Waals surface area contributed by atoms with E-state index in [-0.39, 0.29) is 26.3 Å². The predicted octanol–water partition coefficient (Wildman–Crippen LogP) is 1.37. The van der Waals surface area contributed by atoms with Crippen molar-refractivity contribution in [2.45, 2.75) is 6.42 Å². The number of oxime groups is 1. The van der Waals surface area contributed by atoms with Gasteiger partial charge in [0.25, 0.3) is 0 Å². The van der Waals surface area contributed by atoms with Crippen LogP contribution in [0.4, 0.5) is 0 Å². The summed E-state index contributed by atoms with van der Waals surface area (Å²) in [5.41, 5.74) is 0.951. The minimum Gasteiger partial charge on any atom is -0.465 e. The first-order chi connectivity index (χ1) is 7.76. The van der Waals surface area contributed by atoms with Crippen molar-refractivity contribution in [3.05, 3.63) is 23.8 Å². The number of allylic oxidation sites excluding steroid dienone is 3. The van der Waals surface area contributed by atoms with E-state index in [4.69, 9.17) is 9.94 Å². The number of rotatable bonds is 1. The number of carbonyl (C=O) groups excluding carboxylic acids is 1. The van der Waals surface area contributed by atoms with Gasteiger partial charge in [0.15, 0.2) is 0 Å². The number of hydrogen-bond donors (Lipinski definition) is 1. The van der Waals surface area contributed by atoms with Gasteiger partial charge >= 0.3 is 5.97 Å². The van der Waals surface area contributed by atoms with Gasteiger partial charge in [0.05, 0.1) is 18.4 Å². The summed E-state index contributed by atoms with van der Waals surface area (Å²) in [7, 11) is 1.35. The van der Waals surface area contributed by atoms with Crippen LogP contribution in [0.5, 0.6) is 0 Å². The molecule has 1 radical (unpaired) electrons. The largest absolute Gasteiger partial charge is 0.465 e. The Hall–Kier alpha value is -0.918. The minimum absolute atomic E-state index is 0. The van der Waals surface area contributed by atoms with Gasteiger partial charge in [-0.3, -0.25) is 0 Å². The quantitative estimate of drug-likeness (QED) is 0.310. The monoisotopic (exact) mass is 406 g/mol. The summed E-state index contributed by atoms with van der Waals surface area (Å²) in [6, 6.07) is 0. The fraction of sp³-hybridized carbons (Fsp3) is 0.500. The minimum atomic E-state index is -0.401. The molecule has 4 nitrogen and oxygen atoms in total. The third kappa shape index (κ3) is 1.61. The molecule has 0 aromatic rings. The molecule has 5 heteroatoms. The Morgan fingerprint density at radius 3 is 2.82 bits per heavy atom. The fourth-order valence-electron chi connectivity index (χ4n) is 3.33. The fourth-order valence-corrected chi connectivity index (χ4v) is 3.33. The van der Waals surface area contributed by atoms with Gasteiger partial charge in [0, 0.05) is 26.3 Å². The molecule has 4 atom stereocenters. The van der Waals surface area contributed by atoms with Crippen molar-refractivity contribution in [3.8, 4) is 0 Å². The number of carbonyl (C=O) groups is 1. The molecule has 1 N–H and O–H groups in total. The van der Waals surface area contributed by atoms with Crippen LogP contribution in [0.25, 0.3) is 0 Å². The number of hydrogen-bond acceptors (Lipinski definition) is 4. The Bertz CT molecular complexity index is 441. The number of methoxy groups -OCH3 is 1. The standard InChI is InChI=1S/C12H13NO3.Re/c1-16-12(14)9-5-8-6-2-3-7(4-6)10(8)11(9)13-15;/h2-3,5-8,10,15H,4H2,1H3;/b13-11+;/t6?,7?,8-,10+;/m1./s1. The van der Waals surface area contributed by atoms with Crippen molar-refractivity contribution in [3.63, 3.8) is 0 Å². The third-order valence-electron chi connectivity index (χ3n) is 3.98. The first kappa shape index (κ1) is 12.5. The Kier molecular flexibility index (Phi) is 3.24. The molecule has 0 spiro atoms. The molecule has 17 heavy (non-hydrogen) atoms. The molecular weight excluding hydrogens is 392 g/mol. The van der Waals surface area contributed by atoms with E-state index in [1.807, 2.05) is 6.08 Å².